The highest BCUT2D eigenvalue weighted by molar-refractivity contribution is 6.18. The zero-order valence-electron chi connectivity index (χ0n) is 12.3. The zero-order chi connectivity index (χ0) is 15.1. The Kier molecular flexibility index (Phi) is 3.54. The first kappa shape index (κ1) is 14.5. The molecule has 0 radical (unpaired) electrons. The summed E-state index contributed by atoms with van der Waals surface area (Å²) in [5.74, 6) is -0.180. The summed E-state index contributed by atoms with van der Waals surface area (Å²) in [6, 6.07) is 0. The highest BCUT2D eigenvalue weighted by Crippen LogP contribution is 2.36. The molecule has 1 aliphatic carbocycles. The van der Waals surface area contributed by atoms with Crippen LogP contribution in [0.15, 0.2) is 22.9 Å². The highest BCUT2D eigenvalue weighted by Gasteiger charge is 2.40. The Morgan fingerprint density at radius 3 is 2.45 bits per heavy atom. The van der Waals surface area contributed by atoms with Gasteiger partial charge in [0, 0.05) is 29.8 Å². The van der Waals surface area contributed by atoms with Crippen molar-refractivity contribution in [2.45, 2.75) is 46.1 Å². The molecule has 2 aliphatic rings. The Morgan fingerprint density at radius 1 is 1.25 bits per heavy atom. The minimum Gasteiger partial charge on any atom is -0.443 e. The summed E-state index contributed by atoms with van der Waals surface area (Å²) in [7, 11) is 0. The van der Waals surface area contributed by atoms with Crippen LogP contribution < -0.4 is 0 Å². The van der Waals surface area contributed by atoms with Gasteiger partial charge < -0.3 is 4.74 Å². The smallest absolute Gasteiger partial charge is 0.414 e. The molecule has 108 valence electrons. The first-order chi connectivity index (χ1) is 9.24. The van der Waals surface area contributed by atoms with Crippen LogP contribution in [0.1, 0.15) is 40.5 Å². The van der Waals surface area contributed by atoms with Gasteiger partial charge in [0.15, 0.2) is 11.6 Å². The van der Waals surface area contributed by atoms with Gasteiger partial charge in [0.05, 0.1) is 6.42 Å². The van der Waals surface area contributed by atoms with Crippen LogP contribution >= 0.6 is 0 Å². The van der Waals surface area contributed by atoms with Crippen LogP contribution in [0.3, 0.4) is 0 Å². The van der Waals surface area contributed by atoms with E-state index in [0.717, 1.165) is 0 Å². The number of ketones is 2. The van der Waals surface area contributed by atoms with Gasteiger partial charge in [-0.2, -0.15) is 0 Å². The van der Waals surface area contributed by atoms with Gasteiger partial charge in [-0.3, -0.25) is 14.5 Å². The fraction of sp³-hybridized carbons (Fsp3) is 0.533. The molecule has 5 nitrogen and oxygen atoms in total. The molecular formula is C15H19NO4. The zero-order valence-corrected chi connectivity index (χ0v) is 12.3. The first-order valence-electron chi connectivity index (χ1n) is 6.71. The van der Waals surface area contributed by atoms with Crippen LogP contribution in [0.4, 0.5) is 4.79 Å². The number of carbonyl (C=O) groups is 3. The molecule has 0 aromatic rings. The third kappa shape index (κ3) is 2.53. The topological polar surface area (TPSA) is 63.7 Å². The van der Waals surface area contributed by atoms with Crippen LogP contribution in [0, 0.1) is 0 Å². The summed E-state index contributed by atoms with van der Waals surface area (Å²) < 4.78 is 5.34. The molecule has 0 unspecified atom stereocenters. The van der Waals surface area contributed by atoms with E-state index in [9.17, 15) is 14.4 Å². The largest absolute Gasteiger partial charge is 0.443 e. The molecule has 20 heavy (non-hydrogen) atoms. The predicted octanol–water partition coefficient (Wildman–Crippen LogP) is 2.37. The summed E-state index contributed by atoms with van der Waals surface area (Å²) in [5.41, 5.74) is 0.715. The second-order valence-electron chi connectivity index (χ2n) is 5.93. The minimum absolute atomic E-state index is 0.0706. The van der Waals surface area contributed by atoms with Gasteiger partial charge in [0.25, 0.3) is 0 Å². The van der Waals surface area contributed by atoms with Crippen molar-refractivity contribution >= 4 is 17.7 Å². The van der Waals surface area contributed by atoms with Crippen molar-refractivity contribution in [1.29, 1.82) is 0 Å². The Hall–Kier alpha value is -1.91. The Bertz CT molecular complexity index is 549. The lowest BCUT2D eigenvalue weighted by molar-refractivity contribution is -0.117. The second kappa shape index (κ2) is 4.89. The van der Waals surface area contributed by atoms with Crippen molar-refractivity contribution in [2.75, 3.05) is 6.54 Å². The molecule has 1 amide bonds. The normalized spacial score (nSPS) is 21.6. The van der Waals surface area contributed by atoms with Gasteiger partial charge in [-0.15, -0.1) is 0 Å². The number of carbonyl (C=O) groups excluding carboxylic acids is 3. The fourth-order valence-corrected chi connectivity index (χ4v) is 2.47. The van der Waals surface area contributed by atoms with Gasteiger partial charge >= 0.3 is 6.09 Å². The predicted molar refractivity (Wildman–Crippen MR) is 73.0 cm³/mol. The summed E-state index contributed by atoms with van der Waals surface area (Å²) in [6.45, 7) is 7.35. The van der Waals surface area contributed by atoms with Crippen molar-refractivity contribution in [3.63, 3.8) is 0 Å². The van der Waals surface area contributed by atoms with Crippen molar-refractivity contribution in [3.8, 4) is 0 Å². The molecule has 0 aromatic heterocycles. The summed E-state index contributed by atoms with van der Waals surface area (Å²) >= 11 is 0. The number of rotatable bonds is 0. The standard InChI is InChI=1S/C15H19NO4/c1-5-9-12(18)8-10-13(9)11(17)6-7-16(10)14(19)20-15(2,3)4/h5H,6-8H2,1-4H3/b9-5-. The van der Waals surface area contributed by atoms with E-state index in [-0.39, 0.29) is 31.0 Å². The fourth-order valence-electron chi connectivity index (χ4n) is 2.47. The van der Waals surface area contributed by atoms with E-state index >= 15 is 0 Å². The number of ether oxygens (including phenoxy) is 1. The monoisotopic (exact) mass is 277 g/mol. The molecule has 0 aromatic carbocycles. The van der Waals surface area contributed by atoms with Crippen molar-refractivity contribution in [3.05, 3.63) is 22.9 Å². The van der Waals surface area contributed by atoms with E-state index in [2.05, 4.69) is 0 Å². The first-order valence-corrected chi connectivity index (χ1v) is 6.71. The quantitative estimate of drug-likeness (QED) is 0.638. The molecule has 0 spiro atoms. The van der Waals surface area contributed by atoms with E-state index in [0.29, 0.717) is 16.8 Å². The van der Waals surface area contributed by atoms with Crippen LogP contribution in [0.2, 0.25) is 0 Å². The molecule has 5 heteroatoms. The van der Waals surface area contributed by atoms with E-state index in [4.69, 9.17) is 4.74 Å². The summed E-state index contributed by atoms with van der Waals surface area (Å²) in [4.78, 5) is 37.6. The number of amides is 1. The van der Waals surface area contributed by atoms with Crippen LogP contribution in [0.25, 0.3) is 0 Å². The third-order valence-corrected chi connectivity index (χ3v) is 3.26. The molecule has 0 atom stereocenters. The van der Waals surface area contributed by atoms with Crippen LogP contribution in [0.5, 0.6) is 0 Å². The van der Waals surface area contributed by atoms with Crippen molar-refractivity contribution in [1.82, 2.24) is 4.90 Å². The summed E-state index contributed by atoms with van der Waals surface area (Å²) in [6.07, 6.45) is 1.46. The molecule has 0 N–H and O–H groups in total. The van der Waals surface area contributed by atoms with E-state index in [1.165, 1.54) is 4.90 Å². The maximum atomic E-state index is 12.2. The number of Topliss-reactive ketones (excluding diaryl/α,β-unsaturated/α-hetero) is 2. The van der Waals surface area contributed by atoms with Crippen molar-refractivity contribution in [2.24, 2.45) is 0 Å². The molecule has 1 heterocycles. The van der Waals surface area contributed by atoms with Gasteiger partial charge in [0.2, 0.25) is 0 Å². The lowest BCUT2D eigenvalue weighted by atomic mass is 9.98. The molecule has 1 aliphatic heterocycles. The number of hydrogen-bond acceptors (Lipinski definition) is 4. The molecule has 0 saturated heterocycles. The van der Waals surface area contributed by atoms with E-state index in [1.54, 1.807) is 33.8 Å². The number of allylic oxidation sites excluding steroid dienone is 4. The molecule has 0 bridgehead atoms. The number of hydrogen-bond donors (Lipinski definition) is 0. The minimum atomic E-state index is -0.606. The average molecular weight is 277 g/mol. The average Bonchev–Trinajstić information content (AvgIpc) is 2.64. The Morgan fingerprint density at radius 2 is 1.90 bits per heavy atom. The van der Waals surface area contributed by atoms with Gasteiger partial charge in [-0.1, -0.05) is 6.08 Å². The van der Waals surface area contributed by atoms with Crippen molar-refractivity contribution < 1.29 is 19.1 Å². The molecule has 0 fully saturated rings. The van der Waals surface area contributed by atoms with Crippen LogP contribution in [-0.2, 0) is 14.3 Å². The molecule has 0 saturated carbocycles. The SMILES string of the molecule is C/C=C1/C(=O)CC2=C1C(=O)CCN2C(=O)OC(C)(C)C. The molecular weight excluding hydrogens is 258 g/mol. The lowest BCUT2D eigenvalue weighted by Gasteiger charge is -2.30. The van der Waals surface area contributed by atoms with Gasteiger partial charge in [0.1, 0.15) is 5.60 Å². The van der Waals surface area contributed by atoms with Gasteiger partial charge in [-0.25, -0.2) is 4.79 Å². The highest BCUT2D eigenvalue weighted by atomic mass is 16.6. The second-order valence-corrected chi connectivity index (χ2v) is 5.93. The number of nitrogens with zero attached hydrogens (tertiary/aromatic N) is 1. The van der Waals surface area contributed by atoms with E-state index < -0.39 is 11.7 Å². The summed E-state index contributed by atoms with van der Waals surface area (Å²) in [5, 5.41) is 0. The lowest BCUT2D eigenvalue weighted by Crippen LogP contribution is -2.40. The van der Waals surface area contributed by atoms with Crippen LogP contribution in [-0.4, -0.2) is 34.7 Å². The van der Waals surface area contributed by atoms with Gasteiger partial charge in [-0.05, 0) is 27.7 Å². The molecule has 2 rings (SSSR count). The maximum absolute atomic E-state index is 12.2. The third-order valence-electron chi connectivity index (χ3n) is 3.26. The van der Waals surface area contributed by atoms with E-state index in [1.807, 2.05) is 0 Å². The Balaban J connectivity index is 2.36. The Labute approximate surface area is 118 Å². The maximum Gasteiger partial charge on any atom is 0.414 e.